The lowest BCUT2D eigenvalue weighted by molar-refractivity contribution is 0.162. The third kappa shape index (κ3) is 2.63. The van der Waals surface area contributed by atoms with Crippen molar-refractivity contribution in [2.75, 3.05) is 0 Å². The Labute approximate surface area is 104 Å². The Hall–Kier alpha value is -1.02. The fraction of sp³-hybridized carbons (Fsp3) is 0.600. The highest BCUT2D eigenvalue weighted by Gasteiger charge is 2.27. The van der Waals surface area contributed by atoms with Gasteiger partial charge in [-0.25, -0.2) is 0 Å². The number of nitrogens with one attached hydrogen (secondary N) is 1. The van der Waals surface area contributed by atoms with Crippen LogP contribution < -0.4 is 10.1 Å². The summed E-state index contributed by atoms with van der Waals surface area (Å²) in [4.78, 5) is 0. The minimum Gasteiger partial charge on any atom is -0.490 e. The summed E-state index contributed by atoms with van der Waals surface area (Å²) < 4.78 is 6.03. The van der Waals surface area contributed by atoms with Crippen LogP contribution in [0.25, 0.3) is 0 Å². The first-order valence-corrected chi connectivity index (χ1v) is 6.66. The second kappa shape index (κ2) is 5.09. The van der Waals surface area contributed by atoms with E-state index in [0.717, 1.165) is 18.6 Å². The maximum Gasteiger partial charge on any atom is 0.127 e. The van der Waals surface area contributed by atoms with E-state index >= 15 is 0 Å². The van der Waals surface area contributed by atoms with E-state index in [1.807, 2.05) is 0 Å². The van der Waals surface area contributed by atoms with E-state index in [2.05, 4.69) is 51.2 Å². The van der Waals surface area contributed by atoms with Crippen LogP contribution >= 0.6 is 0 Å². The molecule has 2 unspecified atom stereocenters. The van der Waals surface area contributed by atoms with Crippen LogP contribution in [0, 0.1) is 0 Å². The molecular weight excluding hydrogens is 210 g/mol. The Balaban J connectivity index is 2.36. The minimum absolute atomic E-state index is 0.298. The van der Waals surface area contributed by atoms with Gasteiger partial charge < -0.3 is 10.1 Å². The second-order valence-electron chi connectivity index (χ2n) is 5.23. The van der Waals surface area contributed by atoms with Crippen LogP contribution in [0.1, 0.15) is 51.3 Å². The zero-order valence-electron chi connectivity index (χ0n) is 11.3. The highest BCUT2D eigenvalue weighted by atomic mass is 16.5. The standard InChI is InChI=1S/C15H23NO/c1-5-12-7-6-8-13-14(16-10(2)3)9-11(4)17-15(12)13/h6-8,10-11,14,16H,5,9H2,1-4H3. The van der Waals surface area contributed by atoms with E-state index in [-0.39, 0.29) is 0 Å². The van der Waals surface area contributed by atoms with Crippen molar-refractivity contribution in [3.05, 3.63) is 29.3 Å². The van der Waals surface area contributed by atoms with Gasteiger partial charge in [0, 0.05) is 24.1 Å². The topological polar surface area (TPSA) is 21.3 Å². The van der Waals surface area contributed by atoms with E-state index in [9.17, 15) is 0 Å². The zero-order valence-corrected chi connectivity index (χ0v) is 11.3. The number of aryl methyl sites for hydroxylation is 1. The summed E-state index contributed by atoms with van der Waals surface area (Å²) >= 11 is 0. The summed E-state index contributed by atoms with van der Waals surface area (Å²) in [6.07, 6.45) is 2.38. The Morgan fingerprint density at radius 3 is 2.82 bits per heavy atom. The first-order chi connectivity index (χ1) is 8.11. The Bertz CT molecular complexity index is 387. The molecule has 94 valence electrons. The fourth-order valence-corrected chi connectivity index (χ4v) is 2.57. The molecule has 2 heteroatoms. The predicted octanol–water partition coefficient (Wildman–Crippen LogP) is 3.46. The van der Waals surface area contributed by atoms with Gasteiger partial charge in [0.15, 0.2) is 0 Å². The van der Waals surface area contributed by atoms with Gasteiger partial charge in [-0.2, -0.15) is 0 Å². The van der Waals surface area contributed by atoms with Crippen molar-refractivity contribution in [1.82, 2.24) is 5.32 Å². The molecule has 0 aliphatic carbocycles. The van der Waals surface area contributed by atoms with Crippen molar-refractivity contribution in [2.24, 2.45) is 0 Å². The Kier molecular flexibility index (Phi) is 3.72. The highest BCUT2D eigenvalue weighted by Crippen LogP contribution is 2.37. The van der Waals surface area contributed by atoms with Gasteiger partial charge in [-0.15, -0.1) is 0 Å². The van der Waals surface area contributed by atoms with E-state index in [1.54, 1.807) is 0 Å². The van der Waals surface area contributed by atoms with Gasteiger partial charge in [-0.05, 0) is 18.9 Å². The lowest BCUT2D eigenvalue weighted by Gasteiger charge is -2.33. The van der Waals surface area contributed by atoms with E-state index in [1.165, 1.54) is 11.1 Å². The molecule has 0 bridgehead atoms. The van der Waals surface area contributed by atoms with Gasteiger partial charge in [0.1, 0.15) is 5.75 Å². The van der Waals surface area contributed by atoms with Crippen LogP contribution in [-0.2, 0) is 6.42 Å². The molecule has 0 fully saturated rings. The molecule has 0 aromatic heterocycles. The molecule has 1 aliphatic heterocycles. The lowest BCUT2D eigenvalue weighted by atomic mass is 9.93. The van der Waals surface area contributed by atoms with Crippen molar-refractivity contribution >= 4 is 0 Å². The first-order valence-electron chi connectivity index (χ1n) is 6.66. The molecular formula is C15H23NO. The normalized spacial score (nSPS) is 23.4. The number of ether oxygens (including phenoxy) is 1. The molecule has 1 aliphatic rings. The third-order valence-corrected chi connectivity index (χ3v) is 3.30. The van der Waals surface area contributed by atoms with Crippen LogP contribution in [0.4, 0.5) is 0 Å². The van der Waals surface area contributed by atoms with E-state index < -0.39 is 0 Å². The predicted molar refractivity (Wildman–Crippen MR) is 71.5 cm³/mol. The average Bonchev–Trinajstić information content (AvgIpc) is 2.27. The van der Waals surface area contributed by atoms with Crippen LogP contribution in [-0.4, -0.2) is 12.1 Å². The van der Waals surface area contributed by atoms with Crippen LogP contribution in [0.15, 0.2) is 18.2 Å². The van der Waals surface area contributed by atoms with Crippen molar-refractivity contribution in [1.29, 1.82) is 0 Å². The molecule has 0 amide bonds. The summed E-state index contributed by atoms with van der Waals surface area (Å²) in [6, 6.07) is 7.44. The van der Waals surface area contributed by atoms with Gasteiger partial charge in [-0.1, -0.05) is 39.0 Å². The average molecular weight is 233 g/mol. The van der Waals surface area contributed by atoms with Crippen molar-refractivity contribution < 1.29 is 4.74 Å². The molecule has 0 saturated heterocycles. The molecule has 2 rings (SSSR count). The number of rotatable bonds is 3. The van der Waals surface area contributed by atoms with Crippen LogP contribution in [0.5, 0.6) is 5.75 Å². The van der Waals surface area contributed by atoms with Gasteiger partial charge in [0.2, 0.25) is 0 Å². The maximum absolute atomic E-state index is 6.03. The molecule has 2 nitrogen and oxygen atoms in total. The number of hydrogen-bond acceptors (Lipinski definition) is 2. The van der Waals surface area contributed by atoms with Gasteiger partial charge in [0.05, 0.1) is 6.10 Å². The molecule has 0 saturated carbocycles. The first kappa shape index (κ1) is 12.4. The summed E-state index contributed by atoms with van der Waals surface area (Å²) in [5.41, 5.74) is 2.65. The summed E-state index contributed by atoms with van der Waals surface area (Å²) in [7, 11) is 0. The van der Waals surface area contributed by atoms with Crippen molar-refractivity contribution in [3.8, 4) is 5.75 Å². The number of hydrogen-bond donors (Lipinski definition) is 1. The molecule has 2 atom stereocenters. The summed E-state index contributed by atoms with van der Waals surface area (Å²) in [5.74, 6) is 1.12. The SMILES string of the molecule is CCc1cccc2c1OC(C)CC2NC(C)C. The van der Waals surface area contributed by atoms with Gasteiger partial charge in [0.25, 0.3) is 0 Å². The molecule has 1 heterocycles. The smallest absolute Gasteiger partial charge is 0.127 e. The van der Waals surface area contributed by atoms with Crippen LogP contribution in [0.2, 0.25) is 0 Å². The molecule has 0 radical (unpaired) electrons. The Morgan fingerprint density at radius 2 is 2.18 bits per heavy atom. The highest BCUT2D eigenvalue weighted by molar-refractivity contribution is 5.45. The third-order valence-electron chi connectivity index (χ3n) is 3.30. The number of fused-ring (bicyclic) bond motifs is 1. The van der Waals surface area contributed by atoms with Gasteiger partial charge >= 0.3 is 0 Å². The second-order valence-corrected chi connectivity index (χ2v) is 5.23. The molecule has 1 aromatic rings. The molecule has 17 heavy (non-hydrogen) atoms. The van der Waals surface area contributed by atoms with E-state index in [0.29, 0.717) is 18.2 Å². The molecule has 1 N–H and O–H groups in total. The van der Waals surface area contributed by atoms with Gasteiger partial charge in [-0.3, -0.25) is 0 Å². The number of para-hydroxylation sites is 1. The summed E-state index contributed by atoms with van der Waals surface area (Å²) in [5, 5.41) is 3.64. The van der Waals surface area contributed by atoms with E-state index in [4.69, 9.17) is 4.74 Å². The minimum atomic E-state index is 0.298. The fourth-order valence-electron chi connectivity index (χ4n) is 2.57. The monoisotopic (exact) mass is 233 g/mol. The van der Waals surface area contributed by atoms with Crippen LogP contribution in [0.3, 0.4) is 0 Å². The van der Waals surface area contributed by atoms with Crippen molar-refractivity contribution in [3.63, 3.8) is 0 Å². The molecule has 0 spiro atoms. The summed E-state index contributed by atoms with van der Waals surface area (Å²) in [6.45, 7) is 8.74. The van der Waals surface area contributed by atoms with Crippen molar-refractivity contribution in [2.45, 2.75) is 58.7 Å². The largest absolute Gasteiger partial charge is 0.490 e. The molecule has 1 aromatic carbocycles. The lowest BCUT2D eigenvalue weighted by Crippen LogP contribution is -2.35. The Morgan fingerprint density at radius 1 is 1.41 bits per heavy atom. The number of benzene rings is 1. The quantitative estimate of drug-likeness (QED) is 0.863. The maximum atomic E-state index is 6.03. The zero-order chi connectivity index (χ0) is 12.4.